The van der Waals surface area contributed by atoms with Crippen molar-refractivity contribution in [3.05, 3.63) is 0 Å². The lowest BCUT2D eigenvalue weighted by molar-refractivity contribution is -0.0943. The van der Waals surface area contributed by atoms with E-state index in [9.17, 15) is 0 Å². The van der Waals surface area contributed by atoms with Gasteiger partial charge in [0.2, 0.25) is 0 Å². The average molecular weight is 252 g/mol. The van der Waals surface area contributed by atoms with E-state index in [4.69, 9.17) is 4.74 Å². The van der Waals surface area contributed by atoms with Crippen LogP contribution >= 0.6 is 0 Å². The van der Waals surface area contributed by atoms with E-state index in [-0.39, 0.29) is 5.60 Å². The zero-order chi connectivity index (χ0) is 12.6. The van der Waals surface area contributed by atoms with Crippen LogP contribution < -0.4 is 5.32 Å². The molecule has 3 fully saturated rings. The summed E-state index contributed by atoms with van der Waals surface area (Å²) in [7, 11) is 0. The van der Waals surface area contributed by atoms with E-state index in [0.29, 0.717) is 0 Å². The Balaban J connectivity index is 1.61. The highest BCUT2D eigenvalue weighted by molar-refractivity contribution is 4.96. The number of hydrogen-bond donors (Lipinski definition) is 1. The van der Waals surface area contributed by atoms with Crippen molar-refractivity contribution in [2.24, 2.45) is 5.92 Å². The van der Waals surface area contributed by atoms with Gasteiger partial charge in [0.25, 0.3) is 0 Å². The molecule has 0 bridgehead atoms. The van der Waals surface area contributed by atoms with E-state index in [1.807, 2.05) is 0 Å². The second kappa shape index (κ2) is 5.10. The second-order valence-electron chi connectivity index (χ2n) is 6.72. The lowest BCUT2D eigenvalue weighted by Crippen LogP contribution is -2.47. The molecule has 0 saturated carbocycles. The van der Waals surface area contributed by atoms with Crippen molar-refractivity contribution in [3.63, 3.8) is 0 Å². The fourth-order valence-electron chi connectivity index (χ4n) is 4.04. The van der Waals surface area contributed by atoms with Crippen LogP contribution in [0.5, 0.6) is 0 Å². The van der Waals surface area contributed by atoms with Gasteiger partial charge in [-0.1, -0.05) is 6.92 Å². The monoisotopic (exact) mass is 252 g/mol. The number of likely N-dealkylation sites (tertiary alicyclic amines) is 1. The van der Waals surface area contributed by atoms with Crippen molar-refractivity contribution in [1.29, 1.82) is 0 Å². The topological polar surface area (TPSA) is 24.5 Å². The van der Waals surface area contributed by atoms with Gasteiger partial charge < -0.3 is 10.1 Å². The molecule has 1 N–H and O–H groups in total. The SMILES string of the molecule is CCC1(C)CC(N2CC3CCCNC3C2)CCO1. The molecule has 104 valence electrons. The van der Waals surface area contributed by atoms with Gasteiger partial charge >= 0.3 is 0 Å². The summed E-state index contributed by atoms with van der Waals surface area (Å²) in [5.74, 6) is 0.912. The lowest BCUT2D eigenvalue weighted by atomic mass is 9.89. The second-order valence-corrected chi connectivity index (χ2v) is 6.72. The molecule has 4 unspecified atom stereocenters. The molecule has 3 heteroatoms. The number of rotatable bonds is 2. The molecule has 0 aliphatic carbocycles. The minimum atomic E-state index is 0.129. The van der Waals surface area contributed by atoms with Crippen LogP contribution in [0, 0.1) is 5.92 Å². The molecule has 3 aliphatic heterocycles. The summed E-state index contributed by atoms with van der Waals surface area (Å²) < 4.78 is 5.98. The molecule has 3 heterocycles. The average Bonchev–Trinajstić information content (AvgIpc) is 2.83. The Morgan fingerprint density at radius 1 is 1.33 bits per heavy atom. The molecule has 3 saturated heterocycles. The molecule has 0 amide bonds. The van der Waals surface area contributed by atoms with Crippen LogP contribution in [-0.2, 0) is 4.74 Å². The summed E-state index contributed by atoms with van der Waals surface area (Å²) >= 11 is 0. The maximum atomic E-state index is 5.98. The Morgan fingerprint density at radius 3 is 3.00 bits per heavy atom. The molecule has 3 nitrogen and oxygen atoms in total. The Kier molecular flexibility index (Phi) is 3.65. The predicted octanol–water partition coefficient (Wildman–Crippen LogP) is 2.02. The van der Waals surface area contributed by atoms with Crippen LogP contribution in [0.15, 0.2) is 0 Å². The molecule has 0 aromatic heterocycles. The maximum Gasteiger partial charge on any atom is 0.0666 e. The van der Waals surface area contributed by atoms with Gasteiger partial charge in [-0.3, -0.25) is 4.90 Å². The molecule has 18 heavy (non-hydrogen) atoms. The summed E-state index contributed by atoms with van der Waals surface area (Å²) in [4.78, 5) is 2.75. The molecular formula is C15H28N2O. The molecule has 0 spiro atoms. The van der Waals surface area contributed by atoms with Gasteiger partial charge in [-0.25, -0.2) is 0 Å². The summed E-state index contributed by atoms with van der Waals surface area (Å²) in [5, 5.41) is 3.71. The number of nitrogens with one attached hydrogen (secondary N) is 1. The third-order valence-electron chi connectivity index (χ3n) is 5.46. The fraction of sp³-hybridized carbons (Fsp3) is 1.00. The van der Waals surface area contributed by atoms with E-state index < -0.39 is 0 Å². The van der Waals surface area contributed by atoms with Crippen molar-refractivity contribution in [1.82, 2.24) is 10.2 Å². The summed E-state index contributed by atoms with van der Waals surface area (Å²) in [6, 6.07) is 1.53. The zero-order valence-corrected chi connectivity index (χ0v) is 12.0. The van der Waals surface area contributed by atoms with E-state index in [2.05, 4.69) is 24.1 Å². The number of ether oxygens (including phenoxy) is 1. The van der Waals surface area contributed by atoms with Gasteiger partial charge in [-0.2, -0.15) is 0 Å². The Labute approximate surface area is 111 Å². The van der Waals surface area contributed by atoms with Crippen LogP contribution in [0.1, 0.15) is 46.0 Å². The van der Waals surface area contributed by atoms with Crippen LogP contribution in [0.3, 0.4) is 0 Å². The van der Waals surface area contributed by atoms with Gasteiger partial charge in [0.1, 0.15) is 0 Å². The highest BCUT2D eigenvalue weighted by Crippen LogP contribution is 2.34. The highest BCUT2D eigenvalue weighted by atomic mass is 16.5. The minimum absolute atomic E-state index is 0.129. The molecule has 3 rings (SSSR count). The first kappa shape index (κ1) is 12.9. The molecule has 3 aliphatic rings. The molecule has 0 radical (unpaired) electrons. The molecule has 0 aromatic carbocycles. The van der Waals surface area contributed by atoms with Gasteiger partial charge in [-0.15, -0.1) is 0 Å². The zero-order valence-electron chi connectivity index (χ0n) is 12.0. The standard InChI is InChI=1S/C15H28N2O/c1-3-15(2)9-13(6-8-18-15)17-10-12-5-4-7-16-14(12)11-17/h12-14,16H,3-11H2,1-2H3. The molecule has 4 atom stereocenters. The van der Waals surface area contributed by atoms with Crippen molar-refractivity contribution >= 4 is 0 Å². The third-order valence-corrected chi connectivity index (χ3v) is 5.46. The lowest BCUT2D eigenvalue weighted by Gasteiger charge is -2.41. The van der Waals surface area contributed by atoms with E-state index >= 15 is 0 Å². The van der Waals surface area contributed by atoms with Crippen molar-refractivity contribution < 1.29 is 4.74 Å². The molecule has 0 aromatic rings. The van der Waals surface area contributed by atoms with Gasteiger partial charge in [-0.05, 0) is 51.5 Å². The van der Waals surface area contributed by atoms with Crippen LogP contribution in [0.25, 0.3) is 0 Å². The van der Waals surface area contributed by atoms with Gasteiger partial charge in [0.15, 0.2) is 0 Å². The number of nitrogens with zero attached hydrogens (tertiary/aromatic N) is 1. The van der Waals surface area contributed by atoms with E-state index in [1.165, 1.54) is 45.3 Å². The molecular weight excluding hydrogens is 224 g/mol. The number of hydrogen-bond acceptors (Lipinski definition) is 3. The normalized spacial score (nSPS) is 46.0. The third kappa shape index (κ3) is 2.45. The summed E-state index contributed by atoms with van der Waals surface area (Å²) in [6.07, 6.45) is 6.40. The first-order valence-electron chi connectivity index (χ1n) is 7.81. The van der Waals surface area contributed by atoms with Crippen molar-refractivity contribution in [2.75, 3.05) is 26.2 Å². The maximum absolute atomic E-state index is 5.98. The van der Waals surface area contributed by atoms with Crippen LogP contribution in [-0.4, -0.2) is 48.8 Å². The number of fused-ring (bicyclic) bond motifs is 1. The summed E-state index contributed by atoms with van der Waals surface area (Å²) in [6.45, 7) is 9.33. The largest absolute Gasteiger partial charge is 0.375 e. The minimum Gasteiger partial charge on any atom is -0.375 e. The Morgan fingerprint density at radius 2 is 2.22 bits per heavy atom. The highest BCUT2D eigenvalue weighted by Gasteiger charge is 2.41. The van der Waals surface area contributed by atoms with Crippen LogP contribution in [0.2, 0.25) is 0 Å². The quantitative estimate of drug-likeness (QED) is 0.814. The summed E-state index contributed by atoms with van der Waals surface area (Å²) in [5.41, 5.74) is 0.129. The van der Waals surface area contributed by atoms with E-state index in [0.717, 1.165) is 31.0 Å². The van der Waals surface area contributed by atoms with Gasteiger partial charge in [0, 0.05) is 31.8 Å². The van der Waals surface area contributed by atoms with Crippen LogP contribution in [0.4, 0.5) is 0 Å². The first-order chi connectivity index (χ1) is 8.70. The Bertz CT molecular complexity index is 282. The van der Waals surface area contributed by atoms with E-state index in [1.54, 1.807) is 0 Å². The predicted molar refractivity (Wildman–Crippen MR) is 73.8 cm³/mol. The Hall–Kier alpha value is -0.120. The number of piperidine rings is 1. The van der Waals surface area contributed by atoms with Crippen molar-refractivity contribution in [2.45, 2.75) is 63.6 Å². The first-order valence-corrected chi connectivity index (χ1v) is 7.81. The van der Waals surface area contributed by atoms with Gasteiger partial charge in [0.05, 0.1) is 5.60 Å². The fourth-order valence-corrected chi connectivity index (χ4v) is 4.04. The smallest absolute Gasteiger partial charge is 0.0666 e. The van der Waals surface area contributed by atoms with Crippen molar-refractivity contribution in [3.8, 4) is 0 Å².